The second kappa shape index (κ2) is 16.2. The first kappa shape index (κ1) is 33.6. The SMILES string of the molecule is N=C(N)NCCC[C@H](NC(=O)[C@H](Cc1ccccc1)NC(=O)[C@@H]1CCCN1C(=O)c1ccccc1)C(=O)Oc1cccc2ccccc12. The Morgan fingerprint density at radius 3 is 2.29 bits per heavy atom. The molecule has 4 aromatic carbocycles. The molecule has 0 saturated carbocycles. The van der Waals surface area contributed by atoms with E-state index in [1.54, 1.807) is 41.3 Å². The predicted octanol–water partition coefficient (Wildman–Crippen LogP) is 3.53. The van der Waals surface area contributed by atoms with Gasteiger partial charge in [-0.1, -0.05) is 84.9 Å². The van der Waals surface area contributed by atoms with Gasteiger partial charge in [0.25, 0.3) is 5.91 Å². The number of fused-ring (bicyclic) bond motifs is 1. The maximum atomic E-state index is 14.0. The van der Waals surface area contributed by atoms with E-state index in [9.17, 15) is 19.2 Å². The summed E-state index contributed by atoms with van der Waals surface area (Å²) in [5.74, 6) is -1.75. The average molecular weight is 649 g/mol. The van der Waals surface area contributed by atoms with Crippen molar-refractivity contribution in [2.45, 2.75) is 50.2 Å². The summed E-state index contributed by atoms with van der Waals surface area (Å²) in [7, 11) is 0. The summed E-state index contributed by atoms with van der Waals surface area (Å²) in [6, 6.07) is 28.1. The van der Waals surface area contributed by atoms with Gasteiger partial charge in [0.05, 0.1) is 0 Å². The Balaban J connectivity index is 1.35. The minimum atomic E-state index is -1.07. The summed E-state index contributed by atoms with van der Waals surface area (Å²) in [4.78, 5) is 56.2. The van der Waals surface area contributed by atoms with E-state index in [0.717, 1.165) is 16.3 Å². The maximum absolute atomic E-state index is 14.0. The molecule has 0 spiro atoms. The van der Waals surface area contributed by atoms with Gasteiger partial charge in [0.15, 0.2) is 5.96 Å². The van der Waals surface area contributed by atoms with E-state index >= 15 is 0 Å². The Morgan fingerprint density at radius 2 is 1.54 bits per heavy atom. The van der Waals surface area contributed by atoms with Crippen LogP contribution in [0, 0.1) is 5.41 Å². The van der Waals surface area contributed by atoms with Gasteiger partial charge in [0.2, 0.25) is 11.8 Å². The Hall–Kier alpha value is -5.71. The molecule has 1 aliphatic heterocycles. The van der Waals surface area contributed by atoms with Crippen LogP contribution in [0.1, 0.15) is 41.6 Å². The van der Waals surface area contributed by atoms with Gasteiger partial charge in [0, 0.05) is 30.5 Å². The van der Waals surface area contributed by atoms with Crippen LogP contribution in [0.2, 0.25) is 0 Å². The molecule has 1 saturated heterocycles. The summed E-state index contributed by atoms with van der Waals surface area (Å²) >= 11 is 0. The summed E-state index contributed by atoms with van der Waals surface area (Å²) in [5, 5.41) is 17.5. The molecule has 1 heterocycles. The third kappa shape index (κ3) is 8.75. The van der Waals surface area contributed by atoms with Gasteiger partial charge in [0.1, 0.15) is 23.9 Å². The third-order valence-electron chi connectivity index (χ3n) is 8.30. The fourth-order valence-electron chi connectivity index (χ4n) is 5.87. The molecular weight excluding hydrogens is 608 g/mol. The highest BCUT2D eigenvalue weighted by Gasteiger charge is 2.37. The van der Waals surface area contributed by atoms with Crippen LogP contribution in [0.15, 0.2) is 103 Å². The van der Waals surface area contributed by atoms with Crippen LogP contribution in [0.4, 0.5) is 0 Å². The molecule has 248 valence electrons. The number of likely N-dealkylation sites (tertiary alicyclic amines) is 1. The lowest BCUT2D eigenvalue weighted by atomic mass is 10.0. The number of nitrogens with zero attached hydrogens (tertiary/aromatic N) is 1. The molecular formula is C37H40N6O5. The van der Waals surface area contributed by atoms with Gasteiger partial charge in [-0.25, -0.2) is 4.79 Å². The van der Waals surface area contributed by atoms with Crippen LogP contribution in [0.25, 0.3) is 10.8 Å². The highest BCUT2D eigenvalue weighted by atomic mass is 16.5. The molecule has 0 aromatic heterocycles. The molecule has 3 amide bonds. The highest BCUT2D eigenvalue weighted by Crippen LogP contribution is 2.26. The smallest absolute Gasteiger partial charge is 0.334 e. The zero-order chi connectivity index (χ0) is 33.9. The zero-order valence-electron chi connectivity index (χ0n) is 26.6. The Morgan fingerprint density at radius 1 is 0.854 bits per heavy atom. The lowest BCUT2D eigenvalue weighted by Crippen LogP contribution is -2.56. The van der Waals surface area contributed by atoms with Crippen molar-refractivity contribution in [2.75, 3.05) is 13.1 Å². The number of carbonyl (C=O) groups is 4. The molecule has 11 heteroatoms. The van der Waals surface area contributed by atoms with Crippen molar-refractivity contribution in [1.82, 2.24) is 20.9 Å². The summed E-state index contributed by atoms with van der Waals surface area (Å²) in [5.41, 5.74) is 6.72. The summed E-state index contributed by atoms with van der Waals surface area (Å²) < 4.78 is 5.84. The molecule has 1 aliphatic rings. The molecule has 3 atom stereocenters. The number of hydrogen-bond donors (Lipinski definition) is 5. The van der Waals surface area contributed by atoms with Gasteiger partial charge in [-0.3, -0.25) is 19.8 Å². The van der Waals surface area contributed by atoms with E-state index < -0.39 is 35.9 Å². The van der Waals surface area contributed by atoms with E-state index in [-0.39, 0.29) is 24.7 Å². The largest absolute Gasteiger partial charge is 0.424 e. The van der Waals surface area contributed by atoms with Crippen molar-refractivity contribution in [3.05, 3.63) is 114 Å². The molecule has 1 fully saturated rings. The van der Waals surface area contributed by atoms with Gasteiger partial charge >= 0.3 is 5.97 Å². The number of carbonyl (C=O) groups excluding carboxylic acids is 4. The van der Waals surface area contributed by atoms with Crippen LogP contribution >= 0.6 is 0 Å². The van der Waals surface area contributed by atoms with Crippen LogP contribution < -0.4 is 26.4 Å². The molecule has 0 aliphatic carbocycles. The first-order chi connectivity index (χ1) is 23.3. The average Bonchev–Trinajstić information content (AvgIpc) is 3.60. The van der Waals surface area contributed by atoms with Gasteiger partial charge < -0.3 is 31.3 Å². The van der Waals surface area contributed by atoms with Crippen molar-refractivity contribution in [3.63, 3.8) is 0 Å². The minimum absolute atomic E-state index is 0.161. The van der Waals surface area contributed by atoms with E-state index in [1.807, 2.05) is 66.7 Å². The van der Waals surface area contributed by atoms with Crippen LogP contribution in [-0.2, 0) is 20.8 Å². The lowest BCUT2D eigenvalue weighted by Gasteiger charge is -2.27. The Kier molecular flexibility index (Phi) is 11.4. The van der Waals surface area contributed by atoms with Crippen molar-refractivity contribution < 1.29 is 23.9 Å². The first-order valence-electron chi connectivity index (χ1n) is 16.1. The number of guanidine groups is 1. The van der Waals surface area contributed by atoms with E-state index in [0.29, 0.717) is 43.7 Å². The minimum Gasteiger partial charge on any atom is -0.424 e. The number of amides is 3. The number of esters is 1. The maximum Gasteiger partial charge on any atom is 0.334 e. The third-order valence-corrected chi connectivity index (χ3v) is 8.30. The number of hydrogen-bond acceptors (Lipinski definition) is 6. The Bertz CT molecular complexity index is 1740. The number of rotatable bonds is 13. The lowest BCUT2D eigenvalue weighted by molar-refractivity contribution is -0.140. The Labute approximate surface area is 279 Å². The van der Waals surface area contributed by atoms with Gasteiger partial charge in [-0.15, -0.1) is 0 Å². The van der Waals surface area contributed by atoms with Crippen molar-refractivity contribution in [1.29, 1.82) is 5.41 Å². The van der Waals surface area contributed by atoms with Crippen molar-refractivity contribution in [3.8, 4) is 5.75 Å². The second-order valence-electron chi connectivity index (χ2n) is 11.7. The molecule has 4 aromatic rings. The van der Waals surface area contributed by atoms with E-state index in [4.69, 9.17) is 15.9 Å². The fourth-order valence-corrected chi connectivity index (χ4v) is 5.87. The summed E-state index contributed by atoms with van der Waals surface area (Å²) in [6.45, 7) is 0.734. The monoisotopic (exact) mass is 648 g/mol. The standard InChI is InChI=1S/C37H40N6O5/c38-37(39)40-22-10-19-29(36(47)48-32-21-9-17-26-14-7-8-18-28(26)32)41-33(44)30(24-25-12-3-1-4-13-25)42-34(45)31-20-11-23-43(31)35(46)27-15-5-2-6-16-27/h1-9,12-18,21,29-31H,10-11,19-20,22-24H2,(H,41,44)(H,42,45)(H4,38,39,40)/t29-,30-,31-/m0/s1. The van der Waals surface area contributed by atoms with Gasteiger partial charge in [-0.2, -0.15) is 0 Å². The second-order valence-corrected chi connectivity index (χ2v) is 11.7. The molecule has 48 heavy (non-hydrogen) atoms. The number of benzene rings is 4. The predicted molar refractivity (Wildman–Crippen MR) is 183 cm³/mol. The van der Waals surface area contributed by atoms with Crippen LogP contribution in [0.3, 0.4) is 0 Å². The quantitative estimate of drug-likeness (QED) is 0.0486. The number of nitrogens with two attached hydrogens (primary N) is 1. The molecule has 5 rings (SSSR count). The molecule has 0 unspecified atom stereocenters. The van der Waals surface area contributed by atoms with Crippen LogP contribution in [-0.4, -0.2) is 65.8 Å². The zero-order valence-corrected chi connectivity index (χ0v) is 26.6. The fraction of sp³-hybridized carbons (Fsp3) is 0.270. The van der Waals surface area contributed by atoms with Gasteiger partial charge in [-0.05, 0) is 54.8 Å². The van der Waals surface area contributed by atoms with Crippen molar-refractivity contribution in [2.24, 2.45) is 5.73 Å². The molecule has 6 N–H and O–H groups in total. The molecule has 11 nitrogen and oxygen atoms in total. The van der Waals surface area contributed by atoms with Crippen molar-refractivity contribution >= 4 is 40.4 Å². The molecule has 0 bridgehead atoms. The topological polar surface area (TPSA) is 167 Å². The first-order valence-corrected chi connectivity index (χ1v) is 16.1. The number of ether oxygens (including phenoxy) is 1. The normalized spacial score (nSPS) is 15.2. The summed E-state index contributed by atoms with van der Waals surface area (Å²) in [6.07, 6.45) is 1.86. The van der Waals surface area contributed by atoms with E-state index in [2.05, 4.69) is 16.0 Å². The highest BCUT2D eigenvalue weighted by molar-refractivity contribution is 5.99. The van der Waals surface area contributed by atoms with E-state index in [1.165, 1.54) is 0 Å². The molecule has 0 radical (unpaired) electrons. The van der Waals surface area contributed by atoms with Crippen LogP contribution in [0.5, 0.6) is 5.75 Å². The number of nitrogens with one attached hydrogen (secondary N) is 4.